The fourth-order valence-electron chi connectivity index (χ4n) is 2.18. The highest BCUT2D eigenvalue weighted by Crippen LogP contribution is 2.38. The van der Waals surface area contributed by atoms with Crippen LogP contribution in [-0.4, -0.2) is 19.0 Å². The summed E-state index contributed by atoms with van der Waals surface area (Å²) in [4.78, 5) is 25.6. The van der Waals surface area contributed by atoms with Crippen LogP contribution in [0.15, 0.2) is 47.2 Å². The van der Waals surface area contributed by atoms with Crippen LogP contribution >= 0.6 is 34.3 Å². The van der Waals surface area contributed by atoms with Crippen molar-refractivity contribution in [1.82, 2.24) is 0 Å². The molecule has 2 heterocycles. The lowest BCUT2D eigenvalue weighted by Gasteiger charge is -2.08. The van der Waals surface area contributed by atoms with Gasteiger partial charge >= 0.3 is 5.97 Å². The van der Waals surface area contributed by atoms with Crippen LogP contribution in [-0.2, 0) is 4.74 Å². The van der Waals surface area contributed by atoms with Crippen molar-refractivity contribution < 1.29 is 14.3 Å². The highest BCUT2D eigenvalue weighted by atomic mass is 35.5. The molecule has 24 heavy (non-hydrogen) atoms. The molecule has 1 N–H and O–H groups in total. The van der Waals surface area contributed by atoms with Crippen LogP contribution in [0.2, 0.25) is 5.02 Å². The van der Waals surface area contributed by atoms with Gasteiger partial charge in [-0.15, -0.1) is 22.7 Å². The third kappa shape index (κ3) is 3.21. The molecule has 3 aromatic rings. The van der Waals surface area contributed by atoms with Gasteiger partial charge in [0.05, 0.1) is 17.7 Å². The average molecular weight is 378 g/mol. The molecule has 0 aliphatic heterocycles. The summed E-state index contributed by atoms with van der Waals surface area (Å²) in [6.07, 6.45) is 0. The summed E-state index contributed by atoms with van der Waals surface area (Å²) in [5, 5.41) is 7.32. The molecule has 122 valence electrons. The van der Waals surface area contributed by atoms with E-state index in [-0.39, 0.29) is 5.91 Å². The van der Waals surface area contributed by atoms with Crippen molar-refractivity contribution in [2.24, 2.45) is 0 Å². The first-order valence-electron chi connectivity index (χ1n) is 6.91. The minimum atomic E-state index is -0.492. The normalized spacial score (nSPS) is 10.4. The summed E-state index contributed by atoms with van der Waals surface area (Å²) in [6.45, 7) is 0. The van der Waals surface area contributed by atoms with Crippen LogP contribution in [0.25, 0.3) is 10.4 Å². The summed E-state index contributed by atoms with van der Waals surface area (Å²) in [7, 11) is 1.32. The SMILES string of the molecule is COC(=O)c1c(-c2cccs2)csc1NC(=O)c1ccccc1Cl. The standard InChI is InChI=1S/C17H12ClNO3S2/c1-22-17(21)14-11(13-7-4-8-23-13)9-24-16(14)19-15(20)10-5-2-3-6-12(10)18/h2-9H,1H3,(H,19,20). The van der Waals surface area contributed by atoms with Crippen molar-refractivity contribution in [3.05, 3.63) is 63.3 Å². The first kappa shape index (κ1) is 16.7. The molecule has 0 saturated heterocycles. The third-order valence-corrected chi connectivity index (χ3v) is 5.44. The zero-order valence-corrected chi connectivity index (χ0v) is 14.9. The van der Waals surface area contributed by atoms with Crippen molar-refractivity contribution in [3.8, 4) is 10.4 Å². The second kappa shape index (κ2) is 7.17. The Morgan fingerprint density at radius 2 is 1.92 bits per heavy atom. The highest BCUT2D eigenvalue weighted by Gasteiger charge is 2.23. The zero-order valence-electron chi connectivity index (χ0n) is 12.5. The Morgan fingerprint density at radius 1 is 1.12 bits per heavy atom. The quantitative estimate of drug-likeness (QED) is 0.638. The lowest BCUT2D eigenvalue weighted by Crippen LogP contribution is -2.14. The van der Waals surface area contributed by atoms with E-state index in [4.69, 9.17) is 16.3 Å². The van der Waals surface area contributed by atoms with E-state index in [2.05, 4.69) is 5.32 Å². The topological polar surface area (TPSA) is 55.4 Å². The van der Waals surface area contributed by atoms with Crippen molar-refractivity contribution in [3.63, 3.8) is 0 Å². The van der Waals surface area contributed by atoms with E-state index >= 15 is 0 Å². The average Bonchev–Trinajstić information content (AvgIpc) is 3.23. The number of nitrogens with one attached hydrogen (secondary N) is 1. The van der Waals surface area contributed by atoms with Crippen molar-refractivity contribution in [2.45, 2.75) is 0 Å². The number of thiophene rings is 2. The molecule has 0 atom stereocenters. The van der Waals surface area contributed by atoms with Crippen molar-refractivity contribution in [1.29, 1.82) is 0 Å². The van der Waals surface area contributed by atoms with Gasteiger partial charge in [0.1, 0.15) is 10.6 Å². The summed E-state index contributed by atoms with van der Waals surface area (Å²) < 4.78 is 4.88. The number of hydrogen-bond acceptors (Lipinski definition) is 5. The summed E-state index contributed by atoms with van der Waals surface area (Å²) in [5.74, 6) is -0.862. The molecule has 0 radical (unpaired) electrons. The van der Waals surface area contributed by atoms with Gasteiger partial charge in [-0.05, 0) is 23.6 Å². The molecule has 0 spiro atoms. The number of hydrogen-bond donors (Lipinski definition) is 1. The fourth-order valence-corrected chi connectivity index (χ4v) is 4.17. The van der Waals surface area contributed by atoms with E-state index in [0.717, 1.165) is 10.4 Å². The number of benzene rings is 1. The number of esters is 1. The molecule has 4 nitrogen and oxygen atoms in total. The van der Waals surface area contributed by atoms with Gasteiger partial charge in [0.15, 0.2) is 0 Å². The van der Waals surface area contributed by atoms with Crippen LogP contribution in [0.3, 0.4) is 0 Å². The van der Waals surface area contributed by atoms with Gasteiger partial charge in [-0.2, -0.15) is 0 Å². The zero-order chi connectivity index (χ0) is 17.1. The molecule has 0 bridgehead atoms. The molecule has 1 amide bonds. The maximum Gasteiger partial charge on any atom is 0.341 e. The molecular formula is C17H12ClNO3S2. The molecule has 0 unspecified atom stereocenters. The number of carbonyl (C=O) groups is 2. The maximum atomic E-state index is 12.5. The summed E-state index contributed by atoms with van der Waals surface area (Å²) in [6, 6.07) is 10.6. The smallest absolute Gasteiger partial charge is 0.341 e. The van der Waals surface area contributed by atoms with Crippen LogP contribution < -0.4 is 5.32 Å². The minimum Gasteiger partial charge on any atom is -0.465 e. The minimum absolute atomic E-state index is 0.348. The number of ether oxygens (including phenoxy) is 1. The molecule has 1 aromatic carbocycles. The molecule has 0 aliphatic carbocycles. The highest BCUT2D eigenvalue weighted by molar-refractivity contribution is 7.17. The number of methoxy groups -OCH3 is 1. The third-order valence-electron chi connectivity index (χ3n) is 3.31. The van der Waals surface area contributed by atoms with E-state index in [1.807, 2.05) is 22.9 Å². The van der Waals surface area contributed by atoms with Gasteiger partial charge in [-0.1, -0.05) is 29.8 Å². The number of halogens is 1. The lowest BCUT2D eigenvalue weighted by molar-refractivity contribution is 0.0603. The Bertz CT molecular complexity index is 887. The van der Waals surface area contributed by atoms with Gasteiger partial charge < -0.3 is 10.1 Å². The molecule has 0 saturated carbocycles. The summed E-state index contributed by atoms with van der Waals surface area (Å²) in [5.41, 5.74) is 1.45. The number of amides is 1. The van der Waals surface area contributed by atoms with Gasteiger partial charge in [-0.25, -0.2) is 4.79 Å². The Hall–Kier alpha value is -2.15. The summed E-state index contributed by atoms with van der Waals surface area (Å²) >= 11 is 8.85. The second-order valence-corrected chi connectivity index (χ2v) is 6.99. The maximum absolute atomic E-state index is 12.5. The van der Waals surface area contributed by atoms with Gasteiger partial charge in [-0.3, -0.25) is 4.79 Å². The van der Waals surface area contributed by atoms with Crippen molar-refractivity contribution in [2.75, 3.05) is 12.4 Å². The molecule has 2 aromatic heterocycles. The van der Waals surface area contributed by atoms with Gasteiger partial charge in [0, 0.05) is 15.8 Å². The lowest BCUT2D eigenvalue weighted by atomic mass is 10.1. The van der Waals surface area contributed by atoms with Crippen LogP contribution in [0.5, 0.6) is 0 Å². The Kier molecular flexibility index (Phi) is 4.99. The fraction of sp³-hybridized carbons (Fsp3) is 0.0588. The van der Waals surface area contributed by atoms with Gasteiger partial charge in [0.25, 0.3) is 5.91 Å². The predicted molar refractivity (Wildman–Crippen MR) is 98.4 cm³/mol. The van der Waals surface area contributed by atoms with Crippen molar-refractivity contribution >= 4 is 51.2 Å². The van der Waals surface area contributed by atoms with Crippen LogP contribution in [0, 0.1) is 0 Å². The number of carbonyl (C=O) groups excluding carboxylic acids is 2. The van der Waals surface area contributed by atoms with E-state index in [1.165, 1.54) is 29.8 Å². The largest absolute Gasteiger partial charge is 0.465 e. The molecule has 3 rings (SSSR count). The van der Waals surface area contributed by atoms with E-state index < -0.39 is 5.97 Å². The van der Waals surface area contributed by atoms with Crippen LogP contribution in [0.1, 0.15) is 20.7 Å². The molecular weight excluding hydrogens is 366 g/mol. The Morgan fingerprint density at radius 3 is 2.58 bits per heavy atom. The molecule has 0 aliphatic rings. The Balaban J connectivity index is 1.98. The van der Waals surface area contributed by atoms with Crippen LogP contribution in [0.4, 0.5) is 5.00 Å². The molecule has 7 heteroatoms. The van der Waals surface area contributed by atoms with E-state index in [9.17, 15) is 9.59 Å². The first-order valence-corrected chi connectivity index (χ1v) is 9.05. The van der Waals surface area contributed by atoms with E-state index in [0.29, 0.717) is 21.2 Å². The number of anilines is 1. The van der Waals surface area contributed by atoms with E-state index in [1.54, 1.807) is 24.3 Å². The predicted octanol–water partition coefficient (Wildman–Crippen LogP) is 5.17. The first-order chi connectivity index (χ1) is 11.6. The van der Waals surface area contributed by atoms with Gasteiger partial charge in [0.2, 0.25) is 0 Å². The second-order valence-electron chi connectivity index (χ2n) is 4.76. The Labute approximate surface area is 151 Å². The monoisotopic (exact) mass is 377 g/mol. The number of rotatable bonds is 4. The molecule has 0 fully saturated rings.